The van der Waals surface area contributed by atoms with Crippen LogP contribution in [0.3, 0.4) is 0 Å². The molecule has 0 saturated heterocycles. The van der Waals surface area contributed by atoms with Gasteiger partial charge in [-0.15, -0.1) is 0 Å². The summed E-state index contributed by atoms with van der Waals surface area (Å²) >= 11 is 0. The topological polar surface area (TPSA) is 16.4 Å². The van der Waals surface area contributed by atoms with Crippen molar-refractivity contribution in [3.63, 3.8) is 0 Å². The molecule has 3 aromatic carbocycles. The van der Waals surface area contributed by atoms with E-state index in [4.69, 9.17) is 4.42 Å². The quantitative estimate of drug-likeness (QED) is 0.540. The van der Waals surface area contributed by atoms with Gasteiger partial charge in [-0.25, -0.2) is 0 Å². The molecule has 0 bridgehead atoms. The molecule has 0 radical (unpaired) electrons. The first-order chi connectivity index (χ1) is 13.1. The second kappa shape index (κ2) is 7.16. The maximum absolute atomic E-state index is 6.28. The van der Waals surface area contributed by atoms with Crippen molar-refractivity contribution in [1.29, 1.82) is 0 Å². The van der Waals surface area contributed by atoms with Crippen LogP contribution in [-0.2, 0) is 0 Å². The lowest BCUT2D eigenvalue weighted by atomic mass is 10.1. The van der Waals surface area contributed by atoms with Gasteiger partial charge in [-0.1, -0.05) is 60.2 Å². The van der Waals surface area contributed by atoms with Gasteiger partial charge in [-0.2, -0.15) is 0 Å². The van der Waals surface area contributed by atoms with Gasteiger partial charge in [0.15, 0.2) is 0 Å². The number of anilines is 1. The highest BCUT2D eigenvalue weighted by atomic mass is 16.3. The minimum absolute atomic E-state index is 0.893. The molecule has 0 saturated carbocycles. The van der Waals surface area contributed by atoms with E-state index >= 15 is 0 Å². The van der Waals surface area contributed by atoms with E-state index in [1.165, 1.54) is 11.3 Å². The zero-order valence-electron chi connectivity index (χ0n) is 15.9. The molecule has 2 heteroatoms. The molecule has 0 aliphatic carbocycles. The van der Waals surface area contributed by atoms with Gasteiger partial charge in [0.1, 0.15) is 10.8 Å². The van der Waals surface area contributed by atoms with Crippen LogP contribution in [0.4, 0.5) is 5.69 Å². The standard InChI is InChI=1S/C25H23NO/c1-18-9-14-22-23(15-18)25(16-19-7-5-4-6-8-19)27-24(22)17-20-10-12-21(13-11-20)26(2)3/h4-17H,1-3H3/b24-17-,25-16-. The minimum Gasteiger partial charge on any atom is -0.456 e. The Morgan fingerprint density at radius 3 is 2.00 bits per heavy atom. The summed E-state index contributed by atoms with van der Waals surface area (Å²) in [4.78, 5) is 2.10. The van der Waals surface area contributed by atoms with Gasteiger partial charge in [-0.05, 0) is 48.4 Å². The van der Waals surface area contributed by atoms with Crippen molar-refractivity contribution in [3.8, 4) is 0 Å². The van der Waals surface area contributed by atoms with E-state index in [1.807, 2.05) is 32.3 Å². The van der Waals surface area contributed by atoms with Crippen LogP contribution < -0.4 is 15.7 Å². The highest BCUT2D eigenvalue weighted by Crippen LogP contribution is 2.14. The normalized spacial score (nSPS) is 12.7. The second-order valence-corrected chi connectivity index (χ2v) is 7.06. The van der Waals surface area contributed by atoms with Crippen molar-refractivity contribution in [2.24, 2.45) is 0 Å². The fourth-order valence-corrected chi connectivity index (χ4v) is 3.24. The first-order valence-corrected chi connectivity index (χ1v) is 9.15. The van der Waals surface area contributed by atoms with Crippen LogP contribution in [0.25, 0.3) is 22.9 Å². The summed E-state index contributed by atoms with van der Waals surface area (Å²) in [7, 11) is 4.10. The van der Waals surface area contributed by atoms with Crippen LogP contribution in [0.1, 0.15) is 16.7 Å². The molecule has 4 aromatic rings. The molecule has 0 aliphatic heterocycles. The number of aryl methyl sites for hydroxylation is 1. The zero-order chi connectivity index (χ0) is 18.8. The summed E-state index contributed by atoms with van der Waals surface area (Å²) < 4.78 is 6.28. The van der Waals surface area contributed by atoms with Crippen LogP contribution >= 0.6 is 0 Å². The molecule has 0 atom stereocenters. The minimum atomic E-state index is 0.893. The number of furan rings is 1. The van der Waals surface area contributed by atoms with E-state index in [0.717, 1.165) is 32.7 Å². The van der Waals surface area contributed by atoms with E-state index in [1.54, 1.807) is 0 Å². The third kappa shape index (κ3) is 3.65. The first-order valence-electron chi connectivity index (χ1n) is 9.15. The van der Waals surface area contributed by atoms with Crippen LogP contribution in [-0.4, -0.2) is 14.1 Å². The highest BCUT2D eigenvalue weighted by molar-refractivity contribution is 5.85. The molecule has 0 fully saturated rings. The third-order valence-corrected chi connectivity index (χ3v) is 4.73. The Balaban J connectivity index is 1.90. The zero-order valence-corrected chi connectivity index (χ0v) is 15.9. The highest BCUT2D eigenvalue weighted by Gasteiger charge is 2.04. The van der Waals surface area contributed by atoms with Crippen molar-refractivity contribution in [1.82, 2.24) is 0 Å². The SMILES string of the molecule is Cc1ccc2/c(=C/c3ccc(N(C)C)cc3)o/c(=C\c3ccccc3)c2c1. The van der Waals surface area contributed by atoms with Crippen LogP contribution in [0.15, 0.2) is 77.2 Å². The van der Waals surface area contributed by atoms with Crippen molar-refractivity contribution in [2.75, 3.05) is 19.0 Å². The van der Waals surface area contributed by atoms with Crippen LogP contribution in [0, 0.1) is 6.92 Å². The molecule has 0 N–H and O–H groups in total. The molecule has 1 heterocycles. The Morgan fingerprint density at radius 2 is 1.33 bits per heavy atom. The summed E-state index contributed by atoms with van der Waals surface area (Å²) in [5.41, 5.74) is 6.47. The summed E-state index contributed by atoms with van der Waals surface area (Å²) in [6.45, 7) is 2.11. The van der Waals surface area contributed by atoms with Gasteiger partial charge in [0.25, 0.3) is 0 Å². The molecular formula is C25H23NO. The van der Waals surface area contributed by atoms with Gasteiger partial charge < -0.3 is 9.32 Å². The first kappa shape index (κ1) is 17.2. The largest absolute Gasteiger partial charge is 0.456 e. The number of hydrogen-bond donors (Lipinski definition) is 0. The molecule has 0 amide bonds. The van der Waals surface area contributed by atoms with E-state index in [-0.39, 0.29) is 0 Å². The summed E-state index contributed by atoms with van der Waals surface area (Å²) in [6.07, 6.45) is 4.22. The average Bonchev–Trinajstić information content (AvgIpc) is 2.99. The molecule has 4 rings (SSSR count). The van der Waals surface area contributed by atoms with E-state index in [9.17, 15) is 0 Å². The number of benzene rings is 3. The van der Waals surface area contributed by atoms with E-state index < -0.39 is 0 Å². The van der Waals surface area contributed by atoms with Gasteiger partial charge in [0, 0.05) is 30.6 Å². The van der Waals surface area contributed by atoms with Crippen molar-refractivity contribution >= 4 is 28.6 Å². The lowest BCUT2D eigenvalue weighted by molar-refractivity contribution is 0.508. The Hall–Kier alpha value is -3.26. The number of nitrogens with zero attached hydrogens (tertiary/aromatic N) is 1. The fraction of sp³-hybridized carbons (Fsp3) is 0.120. The molecule has 0 unspecified atom stereocenters. The molecule has 2 nitrogen and oxygen atoms in total. The maximum Gasteiger partial charge on any atom is 0.136 e. The number of hydrogen-bond acceptors (Lipinski definition) is 2. The molecule has 0 spiro atoms. The van der Waals surface area contributed by atoms with Crippen LogP contribution in [0.2, 0.25) is 0 Å². The fourth-order valence-electron chi connectivity index (χ4n) is 3.24. The van der Waals surface area contributed by atoms with Crippen molar-refractivity contribution in [3.05, 3.63) is 100 Å². The Morgan fingerprint density at radius 1 is 0.704 bits per heavy atom. The molecular weight excluding hydrogens is 330 g/mol. The monoisotopic (exact) mass is 353 g/mol. The van der Waals surface area contributed by atoms with Crippen molar-refractivity contribution in [2.45, 2.75) is 6.92 Å². The average molecular weight is 353 g/mol. The van der Waals surface area contributed by atoms with E-state index in [0.29, 0.717) is 0 Å². The molecule has 0 aliphatic rings. The van der Waals surface area contributed by atoms with E-state index in [2.05, 4.69) is 78.6 Å². The van der Waals surface area contributed by atoms with Crippen molar-refractivity contribution < 1.29 is 4.42 Å². The summed E-state index contributed by atoms with van der Waals surface area (Å²) in [6, 6.07) is 25.3. The third-order valence-electron chi connectivity index (χ3n) is 4.73. The van der Waals surface area contributed by atoms with Gasteiger partial charge in [0.05, 0.1) is 0 Å². The van der Waals surface area contributed by atoms with Gasteiger partial charge in [-0.3, -0.25) is 0 Å². The maximum atomic E-state index is 6.28. The Labute approximate surface area is 159 Å². The summed E-state index contributed by atoms with van der Waals surface area (Å²) in [5, 5.41) is 2.29. The summed E-state index contributed by atoms with van der Waals surface area (Å²) in [5.74, 6) is 0. The molecule has 1 aromatic heterocycles. The Kier molecular flexibility index (Phi) is 4.55. The smallest absolute Gasteiger partial charge is 0.136 e. The van der Waals surface area contributed by atoms with Crippen LogP contribution in [0.5, 0.6) is 0 Å². The molecule has 134 valence electrons. The lowest BCUT2D eigenvalue weighted by Gasteiger charge is -2.11. The molecule has 27 heavy (non-hydrogen) atoms. The van der Waals surface area contributed by atoms with Gasteiger partial charge >= 0.3 is 0 Å². The number of rotatable bonds is 3. The second-order valence-electron chi connectivity index (χ2n) is 7.06. The predicted octanol–water partition coefficient (Wildman–Crippen LogP) is 4.46. The predicted molar refractivity (Wildman–Crippen MR) is 115 cm³/mol. The number of fused-ring (bicyclic) bond motifs is 1. The Bertz CT molecular complexity index is 1180. The van der Waals surface area contributed by atoms with Gasteiger partial charge in [0.2, 0.25) is 0 Å². The lowest BCUT2D eigenvalue weighted by Crippen LogP contribution is -2.08.